The number of nitrogens with zero attached hydrogens (tertiary/aromatic N) is 4. The van der Waals surface area contributed by atoms with Gasteiger partial charge in [0.1, 0.15) is 0 Å². The van der Waals surface area contributed by atoms with Crippen LogP contribution in [0.4, 0.5) is 0 Å². The van der Waals surface area contributed by atoms with Gasteiger partial charge in [-0.05, 0) is 13.3 Å². The third-order valence-corrected chi connectivity index (χ3v) is 3.56. The van der Waals surface area contributed by atoms with Crippen molar-refractivity contribution in [2.75, 3.05) is 26.2 Å². The van der Waals surface area contributed by atoms with Gasteiger partial charge in [0.25, 0.3) is 0 Å². The summed E-state index contributed by atoms with van der Waals surface area (Å²) in [7, 11) is 0. The zero-order chi connectivity index (χ0) is 13.0. The first kappa shape index (κ1) is 13.1. The highest BCUT2D eigenvalue weighted by Gasteiger charge is 2.17. The fourth-order valence-electron chi connectivity index (χ4n) is 2.44. The minimum atomic E-state index is 0.190. The number of carbonyl (C=O) groups excluding carboxylic acids is 1. The first-order chi connectivity index (χ1) is 8.70. The van der Waals surface area contributed by atoms with E-state index in [-0.39, 0.29) is 5.91 Å². The molecule has 2 heterocycles. The van der Waals surface area contributed by atoms with Crippen LogP contribution in [0.2, 0.25) is 0 Å². The van der Waals surface area contributed by atoms with Gasteiger partial charge in [0.05, 0.1) is 12.0 Å². The van der Waals surface area contributed by atoms with E-state index in [2.05, 4.69) is 21.4 Å². The molecule has 1 amide bonds. The van der Waals surface area contributed by atoms with Crippen LogP contribution in [0.5, 0.6) is 0 Å². The highest BCUT2D eigenvalue weighted by Crippen LogP contribution is 2.09. The molecule has 2 rings (SSSR count). The molecule has 0 aromatic carbocycles. The Balaban J connectivity index is 1.93. The van der Waals surface area contributed by atoms with Gasteiger partial charge >= 0.3 is 0 Å². The highest BCUT2D eigenvalue weighted by atomic mass is 16.2. The number of rotatable bonds is 3. The summed E-state index contributed by atoms with van der Waals surface area (Å²) in [6.45, 7) is 9.41. The van der Waals surface area contributed by atoms with E-state index in [0.717, 1.165) is 45.7 Å². The first-order valence-electron chi connectivity index (χ1n) is 6.67. The summed E-state index contributed by atoms with van der Waals surface area (Å²) in [5.74, 6) is 0.190. The van der Waals surface area contributed by atoms with Crippen LogP contribution in [0.25, 0.3) is 0 Å². The molecule has 0 N–H and O–H groups in total. The SMILES string of the molecule is CCn1cncc1CN1CCCN(C(C)=O)CC1. The van der Waals surface area contributed by atoms with Gasteiger partial charge in [-0.3, -0.25) is 9.69 Å². The molecule has 1 saturated heterocycles. The fourth-order valence-corrected chi connectivity index (χ4v) is 2.44. The van der Waals surface area contributed by atoms with Crippen molar-refractivity contribution in [3.63, 3.8) is 0 Å². The second-order valence-electron chi connectivity index (χ2n) is 4.81. The lowest BCUT2D eigenvalue weighted by Gasteiger charge is -2.21. The van der Waals surface area contributed by atoms with Crippen LogP contribution >= 0.6 is 0 Å². The van der Waals surface area contributed by atoms with E-state index < -0.39 is 0 Å². The van der Waals surface area contributed by atoms with Crippen molar-refractivity contribution in [3.05, 3.63) is 18.2 Å². The van der Waals surface area contributed by atoms with Crippen LogP contribution in [0.15, 0.2) is 12.5 Å². The molecule has 1 aliphatic rings. The average Bonchev–Trinajstić information content (AvgIpc) is 2.65. The smallest absolute Gasteiger partial charge is 0.219 e. The minimum absolute atomic E-state index is 0.190. The Kier molecular flexibility index (Phi) is 4.36. The highest BCUT2D eigenvalue weighted by molar-refractivity contribution is 5.73. The maximum Gasteiger partial charge on any atom is 0.219 e. The van der Waals surface area contributed by atoms with Crippen molar-refractivity contribution in [2.45, 2.75) is 33.4 Å². The van der Waals surface area contributed by atoms with Gasteiger partial charge in [-0.25, -0.2) is 4.98 Å². The summed E-state index contributed by atoms with van der Waals surface area (Å²) in [5.41, 5.74) is 1.26. The molecule has 18 heavy (non-hydrogen) atoms. The minimum Gasteiger partial charge on any atom is -0.342 e. The van der Waals surface area contributed by atoms with Crippen molar-refractivity contribution in [3.8, 4) is 0 Å². The van der Waals surface area contributed by atoms with Crippen LogP contribution in [-0.4, -0.2) is 51.4 Å². The molecule has 0 unspecified atom stereocenters. The third kappa shape index (κ3) is 3.10. The van der Waals surface area contributed by atoms with Gasteiger partial charge in [-0.15, -0.1) is 0 Å². The van der Waals surface area contributed by atoms with Crippen LogP contribution < -0.4 is 0 Å². The lowest BCUT2D eigenvalue weighted by molar-refractivity contribution is -0.128. The van der Waals surface area contributed by atoms with Gasteiger partial charge in [0, 0.05) is 52.4 Å². The van der Waals surface area contributed by atoms with Crippen molar-refractivity contribution in [1.82, 2.24) is 19.4 Å². The van der Waals surface area contributed by atoms with Gasteiger partial charge < -0.3 is 9.47 Å². The Morgan fingerprint density at radius 1 is 1.33 bits per heavy atom. The predicted molar refractivity (Wildman–Crippen MR) is 70.0 cm³/mol. The van der Waals surface area contributed by atoms with Crippen LogP contribution in [0, 0.1) is 0 Å². The maximum absolute atomic E-state index is 11.4. The van der Waals surface area contributed by atoms with Gasteiger partial charge in [-0.1, -0.05) is 0 Å². The standard InChI is InChI=1S/C13H22N4O/c1-3-16-11-14-9-13(16)10-15-5-4-6-17(8-7-15)12(2)18/h9,11H,3-8,10H2,1-2H3. The van der Waals surface area contributed by atoms with Crippen LogP contribution in [-0.2, 0) is 17.9 Å². The molecule has 100 valence electrons. The Morgan fingerprint density at radius 2 is 2.17 bits per heavy atom. The molecule has 0 spiro atoms. The maximum atomic E-state index is 11.4. The molecule has 1 fully saturated rings. The third-order valence-electron chi connectivity index (χ3n) is 3.56. The number of aromatic nitrogens is 2. The number of hydrogen-bond acceptors (Lipinski definition) is 3. The number of aryl methyl sites for hydroxylation is 1. The van der Waals surface area contributed by atoms with Crippen LogP contribution in [0.3, 0.4) is 0 Å². The molecular weight excluding hydrogens is 228 g/mol. The molecule has 0 aliphatic carbocycles. The zero-order valence-electron chi connectivity index (χ0n) is 11.3. The summed E-state index contributed by atoms with van der Waals surface area (Å²) in [6.07, 6.45) is 4.88. The molecule has 0 radical (unpaired) electrons. The zero-order valence-corrected chi connectivity index (χ0v) is 11.3. The molecule has 1 aliphatic heterocycles. The summed E-state index contributed by atoms with van der Waals surface area (Å²) in [4.78, 5) is 19.9. The van der Waals surface area contributed by atoms with Gasteiger partial charge in [0.2, 0.25) is 5.91 Å². The normalized spacial score (nSPS) is 17.8. The fraction of sp³-hybridized carbons (Fsp3) is 0.692. The monoisotopic (exact) mass is 250 g/mol. The predicted octanol–water partition coefficient (Wildman–Crippen LogP) is 0.957. The first-order valence-corrected chi connectivity index (χ1v) is 6.67. The molecule has 1 aromatic rings. The molecular formula is C13H22N4O. The number of amides is 1. The topological polar surface area (TPSA) is 41.4 Å². The van der Waals surface area contributed by atoms with Crippen molar-refractivity contribution >= 4 is 5.91 Å². The summed E-state index contributed by atoms with van der Waals surface area (Å²) in [5, 5.41) is 0. The second kappa shape index (κ2) is 6.00. The lowest BCUT2D eigenvalue weighted by Crippen LogP contribution is -2.33. The van der Waals surface area contributed by atoms with Crippen LogP contribution in [0.1, 0.15) is 26.0 Å². The number of imidazole rings is 1. The number of carbonyl (C=O) groups is 1. The van der Waals surface area contributed by atoms with E-state index in [1.807, 2.05) is 17.4 Å². The van der Waals surface area contributed by atoms with Crippen molar-refractivity contribution in [2.24, 2.45) is 0 Å². The Morgan fingerprint density at radius 3 is 2.89 bits per heavy atom. The van der Waals surface area contributed by atoms with E-state index in [1.165, 1.54) is 5.69 Å². The quantitative estimate of drug-likeness (QED) is 0.802. The van der Waals surface area contributed by atoms with E-state index >= 15 is 0 Å². The van der Waals surface area contributed by atoms with Crippen molar-refractivity contribution < 1.29 is 4.79 Å². The van der Waals surface area contributed by atoms with Gasteiger partial charge in [0.15, 0.2) is 0 Å². The lowest BCUT2D eigenvalue weighted by atomic mass is 10.3. The largest absolute Gasteiger partial charge is 0.342 e. The summed E-state index contributed by atoms with van der Waals surface area (Å²) >= 11 is 0. The molecule has 5 nitrogen and oxygen atoms in total. The van der Waals surface area contributed by atoms with Gasteiger partial charge in [-0.2, -0.15) is 0 Å². The molecule has 0 bridgehead atoms. The van der Waals surface area contributed by atoms with Crippen molar-refractivity contribution in [1.29, 1.82) is 0 Å². The van der Waals surface area contributed by atoms with E-state index in [4.69, 9.17) is 0 Å². The molecule has 0 atom stereocenters. The molecule has 1 aromatic heterocycles. The summed E-state index contributed by atoms with van der Waals surface area (Å²) in [6, 6.07) is 0. The number of hydrogen-bond donors (Lipinski definition) is 0. The Bertz CT molecular complexity index is 401. The second-order valence-corrected chi connectivity index (χ2v) is 4.81. The summed E-state index contributed by atoms with van der Waals surface area (Å²) < 4.78 is 2.17. The molecule has 0 saturated carbocycles. The molecule has 5 heteroatoms. The Hall–Kier alpha value is -1.36. The van der Waals surface area contributed by atoms with E-state index in [0.29, 0.717) is 0 Å². The average molecular weight is 250 g/mol. The van der Waals surface area contributed by atoms with E-state index in [1.54, 1.807) is 6.92 Å². The Labute approximate surface area is 108 Å². The van der Waals surface area contributed by atoms with E-state index in [9.17, 15) is 4.79 Å².